The Hall–Kier alpha value is -4.46. The molecule has 0 amide bonds. The maximum atomic E-state index is 13.6. The first-order valence-electron chi connectivity index (χ1n) is 12.1. The highest BCUT2D eigenvalue weighted by atomic mass is 16.6. The Kier molecular flexibility index (Phi) is 6.48. The van der Waals surface area contributed by atoms with Crippen LogP contribution in [0.5, 0.6) is 0 Å². The number of benzene rings is 2. The summed E-state index contributed by atoms with van der Waals surface area (Å²) in [4.78, 5) is 38.4. The average Bonchev–Trinajstić information content (AvgIpc) is 3.42. The van der Waals surface area contributed by atoms with Crippen molar-refractivity contribution in [3.8, 4) is 0 Å². The van der Waals surface area contributed by atoms with Gasteiger partial charge in [-0.25, -0.2) is 4.79 Å². The van der Waals surface area contributed by atoms with E-state index in [1.165, 1.54) is 6.07 Å². The first-order chi connectivity index (χ1) is 17.8. The van der Waals surface area contributed by atoms with Gasteiger partial charge in [-0.05, 0) is 43.5 Å². The van der Waals surface area contributed by atoms with Crippen molar-refractivity contribution >= 4 is 17.4 Å². The van der Waals surface area contributed by atoms with Gasteiger partial charge in [0.1, 0.15) is 12.4 Å². The monoisotopic (exact) mass is 498 g/mol. The van der Waals surface area contributed by atoms with Crippen LogP contribution in [0, 0.1) is 17.0 Å². The molecule has 0 unspecified atom stereocenters. The number of nitrogens with one attached hydrogen (secondary N) is 1. The topological polar surface area (TPSA) is 112 Å². The summed E-state index contributed by atoms with van der Waals surface area (Å²) in [5, 5.41) is 15.0. The molecule has 2 aromatic carbocycles. The minimum Gasteiger partial charge on any atom is -0.469 e. The maximum absolute atomic E-state index is 13.6. The predicted octanol–water partition coefficient (Wildman–Crippen LogP) is 5.60. The van der Waals surface area contributed by atoms with E-state index in [0.717, 1.165) is 11.3 Å². The number of nitrogens with zero attached hydrogens (tertiary/aromatic N) is 1. The molecule has 0 bridgehead atoms. The molecule has 5 rings (SSSR count). The fourth-order valence-electron chi connectivity index (χ4n) is 5.17. The van der Waals surface area contributed by atoms with Crippen LogP contribution in [-0.2, 0) is 20.9 Å². The third-order valence-electron chi connectivity index (χ3n) is 6.97. The zero-order valence-corrected chi connectivity index (χ0v) is 20.5. The molecule has 0 fully saturated rings. The van der Waals surface area contributed by atoms with Crippen molar-refractivity contribution in [3.05, 3.63) is 122 Å². The molecule has 0 saturated carbocycles. The molecular weight excluding hydrogens is 472 g/mol. The smallest absolute Gasteiger partial charge is 0.337 e. The second-order valence-electron chi connectivity index (χ2n) is 9.40. The lowest BCUT2D eigenvalue weighted by molar-refractivity contribution is -0.385. The summed E-state index contributed by atoms with van der Waals surface area (Å²) in [5.41, 5.74) is 3.73. The van der Waals surface area contributed by atoms with Crippen molar-refractivity contribution in [1.29, 1.82) is 0 Å². The first-order valence-corrected chi connectivity index (χ1v) is 12.1. The number of ether oxygens (including phenoxy) is 1. The number of ketones is 1. The lowest BCUT2D eigenvalue weighted by Crippen LogP contribution is -2.36. The molecule has 0 radical (unpaired) electrons. The highest BCUT2D eigenvalue weighted by Gasteiger charge is 2.42. The predicted molar refractivity (Wildman–Crippen MR) is 135 cm³/mol. The third-order valence-corrected chi connectivity index (χ3v) is 6.97. The van der Waals surface area contributed by atoms with E-state index < -0.39 is 16.8 Å². The summed E-state index contributed by atoms with van der Waals surface area (Å²) in [6, 6.07) is 17.8. The number of carbonyl (C=O) groups is 2. The van der Waals surface area contributed by atoms with E-state index in [4.69, 9.17) is 9.15 Å². The van der Waals surface area contributed by atoms with Gasteiger partial charge in [-0.3, -0.25) is 14.9 Å². The number of hydrogen-bond acceptors (Lipinski definition) is 7. The second-order valence-corrected chi connectivity index (χ2v) is 9.40. The third kappa shape index (κ3) is 4.70. The quantitative estimate of drug-likeness (QED) is 0.267. The van der Waals surface area contributed by atoms with E-state index >= 15 is 0 Å². The molecule has 0 spiro atoms. The summed E-state index contributed by atoms with van der Waals surface area (Å²) < 4.78 is 11.2. The highest BCUT2D eigenvalue weighted by molar-refractivity contribution is 6.04. The number of aryl methyl sites for hydroxylation is 1. The number of nitro benzene ring substituents is 1. The Morgan fingerprint density at radius 2 is 1.89 bits per heavy atom. The SMILES string of the molecule is CC1=C(C(=O)OCc2ccccc2)[C@H](c2ccc(C)c([N+](=O)[O-])c2)C2=C(C[C@@H](c3ccco3)CC2=O)N1. The number of hydrogen-bond donors (Lipinski definition) is 1. The van der Waals surface area contributed by atoms with Crippen LogP contribution in [0.4, 0.5) is 5.69 Å². The number of nitro groups is 1. The molecule has 2 heterocycles. The number of allylic oxidation sites excluding steroid dienone is 3. The lowest BCUT2D eigenvalue weighted by Gasteiger charge is -2.36. The standard InChI is InChI=1S/C29H26N2O6/c1-17-10-11-20(14-23(17)31(34)35)27-26(29(33)37-16-19-7-4-3-5-8-19)18(2)30-22-13-21(15-24(32)28(22)27)25-9-6-12-36-25/h3-12,14,21,27,30H,13,15-16H2,1-2H3/t21-,27+/m1/s1. The first kappa shape index (κ1) is 24.2. The van der Waals surface area contributed by atoms with Crippen LogP contribution in [0.2, 0.25) is 0 Å². The summed E-state index contributed by atoms with van der Waals surface area (Å²) in [6.07, 6.45) is 2.31. The molecule has 1 aromatic heterocycles. The minimum absolute atomic E-state index is 0.0652. The van der Waals surface area contributed by atoms with Gasteiger partial charge in [-0.2, -0.15) is 0 Å². The van der Waals surface area contributed by atoms with Gasteiger partial charge in [0.15, 0.2) is 5.78 Å². The zero-order chi connectivity index (χ0) is 26.1. The number of dihydropyridines is 1. The number of Topliss-reactive ketones (excluding diaryl/α,β-unsaturated/α-hetero) is 1. The number of esters is 1. The van der Waals surface area contributed by atoms with Crippen molar-refractivity contribution in [3.63, 3.8) is 0 Å². The van der Waals surface area contributed by atoms with Crippen LogP contribution in [0.1, 0.15) is 54.1 Å². The van der Waals surface area contributed by atoms with Crippen molar-refractivity contribution in [1.82, 2.24) is 5.32 Å². The summed E-state index contributed by atoms with van der Waals surface area (Å²) in [5.74, 6) is -0.914. The molecule has 188 valence electrons. The Balaban J connectivity index is 1.57. The van der Waals surface area contributed by atoms with Crippen LogP contribution in [-0.4, -0.2) is 16.7 Å². The van der Waals surface area contributed by atoms with Crippen LogP contribution in [0.25, 0.3) is 0 Å². The van der Waals surface area contributed by atoms with Gasteiger partial charge in [0, 0.05) is 46.9 Å². The molecule has 1 aliphatic heterocycles. The Bertz CT molecular complexity index is 1440. The molecule has 1 N–H and O–H groups in total. The molecule has 2 aliphatic rings. The van der Waals surface area contributed by atoms with Crippen molar-refractivity contribution < 1.29 is 23.7 Å². The fourth-order valence-corrected chi connectivity index (χ4v) is 5.17. The number of furan rings is 1. The van der Waals surface area contributed by atoms with Crippen LogP contribution >= 0.6 is 0 Å². The summed E-state index contributed by atoms with van der Waals surface area (Å²) >= 11 is 0. The van der Waals surface area contributed by atoms with Crippen molar-refractivity contribution in [2.75, 3.05) is 0 Å². The lowest BCUT2D eigenvalue weighted by atomic mass is 9.72. The van der Waals surface area contributed by atoms with Gasteiger partial charge >= 0.3 is 5.97 Å². The summed E-state index contributed by atoms with van der Waals surface area (Å²) in [7, 11) is 0. The minimum atomic E-state index is -0.788. The Morgan fingerprint density at radius 1 is 1.11 bits per heavy atom. The number of carbonyl (C=O) groups excluding carboxylic acids is 2. The van der Waals surface area contributed by atoms with Crippen molar-refractivity contribution in [2.24, 2.45) is 0 Å². The Morgan fingerprint density at radius 3 is 2.59 bits per heavy atom. The normalized spacial score (nSPS) is 19.4. The molecule has 0 saturated heterocycles. The average molecular weight is 499 g/mol. The van der Waals surface area contributed by atoms with Crippen molar-refractivity contribution in [2.45, 2.75) is 45.1 Å². The number of rotatable bonds is 6. The molecule has 1 aliphatic carbocycles. The molecule has 8 nitrogen and oxygen atoms in total. The van der Waals surface area contributed by atoms with E-state index in [-0.39, 0.29) is 36.0 Å². The van der Waals surface area contributed by atoms with E-state index in [0.29, 0.717) is 34.5 Å². The van der Waals surface area contributed by atoms with E-state index in [2.05, 4.69) is 5.32 Å². The second kappa shape index (κ2) is 9.89. The van der Waals surface area contributed by atoms with Gasteiger partial charge in [-0.15, -0.1) is 0 Å². The Labute approximate surface area is 213 Å². The molecule has 3 aromatic rings. The van der Waals surface area contributed by atoms with Gasteiger partial charge < -0.3 is 14.5 Å². The molecule has 8 heteroatoms. The van der Waals surface area contributed by atoms with Gasteiger partial charge in [-0.1, -0.05) is 42.5 Å². The van der Waals surface area contributed by atoms with Crippen LogP contribution in [0.15, 0.2) is 93.9 Å². The van der Waals surface area contributed by atoms with Gasteiger partial charge in [0.05, 0.1) is 16.8 Å². The maximum Gasteiger partial charge on any atom is 0.337 e. The fraction of sp³-hybridized carbons (Fsp3) is 0.241. The van der Waals surface area contributed by atoms with E-state index in [1.54, 1.807) is 38.3 Å². The molecular formula is C29H26N2O6. The van der Waals surface area contributed by atoms with E-state index in [1.807, 2.05) is 36.4 Å². The van der Waals surface area contributed by atoms with E-state index in [9.17, 15) is 19.7 Å². The largest absolute Gasteiger partial charge is 0.469 e. The van der Waals surface area contributed by atoms with Crippen LogP contribution < -0.4 is 5.32 Å². The zero-order valence-electron chi connectivity index (χ0n) is 20.5. The molecule has 37 heavy (non-hydrogen) atoms. The van der Waals surface area contributed by atoms with Gasteiger partial charge in [0.2, 0.25) is 0 Å². The molecule has 2 atom stereocenters. The summed E-state index contributed by atoms with van der Waals surface area (Å²) in [6.45, 7) is 3.49. The van der Waals surface area contributed by atoms with Crippen LogP contribution in [0.3, 0.4) is 0 Å². The van der Waals surface area contributed by atoms with Gasteiger partial charge in [0.25, 0.3) is 5.69 Å². The highest BCUT2D eigenvalue weighted by Crippen LogP contribution is 2.46.